The summed E-state index contributed by atoms with van der Waals surface area (Å²) in [6.07, 6.45) is 3.90. The second kappa shape index (κ2) is 4.19. The van der Waals surface area contributed by atoms with E-state index in [0.717, 1.165) is 18.4 Å². The summed E-state index contributed by atoms with van der Waals surface area (Å²) in [7, 11) is 0. The van der Waals surface area contributed by atoms with Crippen LogP contribution in [0.5, 0.6) is 0 Å². The molecule has 1 fully saturated rings. The average Bonchev–Trinajstić information content (AvgIpc) is 2.60. The van der Waals surface area contributed by atoms with Crippen molar-refractivity contribution in [3.63, 3.8) is 0 Å². The Bertz CT molecular complexity index is 385. The number of nitrogens with one attached hydrogen (secondary N) is 1. The molecule has 0 bridgehead atoms. The minimum Gasteiger partial charge on any atom is -0.370 e. The molecule has 82 valence electrons. The highest BCUT2D eigenvalue weighted by Gasteiger charge is 2.32. The molecule has 0 aromatic carbocycles. The fourth-order valence-corrected chi connectivity index (χ4v) is 2.28. The first-order valence-corrected chi connectivity index (χ1v) is 5.55. The molecule has 2 rings (SSSR count). The maximum Gasteiger partial charge on any atom is 0.253 e. The van der Waals surface area contributed by atoms with Gasteiger partial charge in [-0.3, -0.25) is 4.79 Å². The van der Waals surface area contributed by atoms with E-state index in [9.17, 15) is 4.79 Å². The summed E-state index contributed by atoms with van der Waals surface area (Å²) in [6, 6.07) is 3.71. The number of aromatic amines is 1. The van der Waals surface area contributed by atoms with Crippen molar-refractivity contribution >= 4 is 0 Å². The number of H-pyrrole nitrogens is 1. The number of rotatable bonds is 2. The Hall–Kier alpha value is -1.09. The minimum absolute atomic E-state index is 0.0186. The van der Waals surface area contributed by atoms with E-state index >= 15 is 0 Å². The van der Waals surface area contributed by atoms with Crippen molar-refractivity contribution in [3.05, 3.63) is 34.2 Å². The first-order chi connectivity index (χ1) is 7.22. The van der Waals surface area contributed by atoms with Crippen LogP contribution in [0.2, 0.25) is 0 Å². The van der Waals surface area contributed by atoms with Crippen molar-refractivity contribution in [2.75, 3.05) is 0 Å². The molecule has 1 aliphatic heterocycles. The molecule has 0 amide bonds. The molecular weight excluding hydrogens is 190 g/mol. The van der Waals surface area contributed by atoms with Gasteiger partial charge < -0.3 is 9.72 Å². The second-order valence-corrected chi connectivity index (χ2v) is 4.24. The third kappa shape index (κ3) is 1.97. The van der Waals surface area contributed by atoms with Crippen LogP contribution in [-0.2, 0) is 4.74 Å². The van der Waals surface area contributed by atoms with Gasteiger partial charge in [0.25, 0.3) is 5.56 Å². The lowest BCUT2D eigenvalue weighted by Crippen LogP contribution is -2.16. The summed E-state index contributed by atoms with van der Waals surface area (Å²) in [6.45, 7) is 4.31. The van der Waals surface area contributed by atoms with E-state index in [1.807, 2.05) is 12.1 Å². The van der Waals surface area contributed by atoms with Gasteiger partial charge in [0.15, 0.2) is 0 Å². The largest absolute Gasteiger partial charge is 0.370 e. The highest BCUT2D eigenvalue weighted by atomic mass is 16.5. The Balaban J connectivity index is 2.21. The molecule has 1 N–H and O–H groups in total. The predicted molar refractivity (Wildman–Crippen MR) is 58.7 cm³/mol. The first kappa shape index (κ1) is 10.4. The van der Waals surface area contributed by atoms with E-state index in [-0.39, 0.29) is 11.7 Å². The average molecular weight is 207 g/mol. The molecule has 3 unspecified atom stereocenters. The fraction of sp³-hybridized carbons (Fsp3) is 0.583. The number of hydrogen-bond donors (Lipinski definition) is 1. The third-order valence-corrected chi connectivity index (χ3v) is 3.16. The van der Waals surface area contributed by atoms with Crippen molar-refractivity contribution in [2.24, 2.45) is 5.92 Å². The van der Waals surface area contributed by atoms with E-state index in [1.165, 1.54) is 0 Å². The summed E-state index contributed by atoms with van der Waals surface area (Å²) in [5, 5.41) is 0. The van der Waals surface area contributed by atoms with E-state index in [4.69, 9.17) is 4.74 Å². The molecule has 3 nitrogen and oxygen atoms in total. The van der Waals surface area contributed by atoms with Crippen LogP contribution in [-0.4, -0.2) is 11.1 Å². The molecule has 0 aliphatic carbocycles. The number of ether oxygens (including phenoxy) is 1. The standard InChI is InChI=1S/C12H17NO2/c1-3-10-8(2)7-11(15-10)9-5-4-6-13-12(9)14/h4-6,8,10-11H,3,7H2,1-2H3,(H,13,14). The Kier molecular flexibility index (Phi) is 2.91. The molecule has 3 heteroatoms. The van der Waals surface area contributed by atoms with Gasteiger partial charge >= 0.3 is 0 Å². The van der Waals surface area contributed by atoms with Crippen molar-refractivity contribution in [1.82, 2.24) is 4.98 Å². The zero-order chi connectivity index (χ0) is 10.8. The van der Waals surface area contributed by atoms with Gasteiger partial charge in [-0.05, 0) is 30.9 Å². The Morgan fingerprint density at radius 2 is 2.40 bits per heavy atom. The summed E-state index contributed by atoms with van der Waals surface area (Å²) in [5.74, 6) is 0.541. The van der Waals surface area contributed by atoms with Crippen LogP contribution in [0, 0.1) is 5.92 Å². The van der Waals surface area contributed by atoms with Crippen LogP contribution >= 0.6 is 0 Å². The van der Waals surface area contributed by atoms with Crippen LogP contribution < -0.4 is 5.56 Å². The minimum atomic E-state index is -0.0218. The number of hydrogen-bond acceptors (Lipinski definition) is 2. The summed E-state index contributed by atoms with van der Waals surface area (Å²) < 4.78 is 5.87. The molecule has 0 radical (unpaired) electrons. The van der Waals surface area contributed by atoms with Crippen molar-refractivity contribution in [2.45, 2.75) is 38.9 Å². The zero-order valence-corrected chi connectivity index (χ0v) is 9.19. The molecule has 15 heavy (non-hydrogen) atoms. The summed E-state index contributed by atoms with van der Waals surface area (Å²) >= 11 is 0. The zero-order valence-electron chi connectivity index (χ0n) is 9.19. The fourth-order valence-electron chi connectivity index (χ4n) is 2.28. The quantitative estimate of drug-likeness (QED) is 0.808. The van der Waals surface area contributed by atoms with Crippen LogP contribution in [0.15, 0.2) is 23.1 Å². The maximum absolute atomic E-state index is 11.6. The summed E-state index contributed by atoms with van der Waals surface area (Å²) in [4.78, 5) is 14.3. The van der Waals surface area contributed by atoms with Gasteiger partial charge in [-0.25, -0.2) is 0 Å². The van der Waals surface area contributed by atoms with Crippen LogP contribution in [0.25, 0.3) is 0 Å². The van der Waals surface area contributed by atoms with Crippen molar-refractivity contribution < 1.29 is 4.74 Å². The van der Waals surface area contributed by atoms with E-state index in [1.54, 1.807) is 6.20 Å². The van der Waals surface area contributed by atoms with Crippen molar-refractivity contribution in [1.29, 1.82) is 0 Å². The number of aromatic nitrogens is 1. The van der Waals surface area contributed by atoms with Crippen LogP contribution in [0.3, 0.4) is 0 Å². The van der Waals surface area contributed by atoms with Gasteiger partial charge in [-0.2, -0.15) is 0 Å². The van der Waals surface area contributed by atoms with Gasteiger partial charge in [0.2, 0.25) is 0 Å². The predicted octanol–water partition coefficient (Wildman–Crippen LogP) is 2.25. The molecule has 0 saturated carbocycles. The molecule has 1 aromatic rings. The lowest BCUT2D eigenvalue weighted by atomic mass is 9.98. The topological polar surface area (TPSA) is 42.1 Å². The highest BCUT2D eigenvalue weighted by Crippen LogP contribution is 2.36. The molecule has 1 aromatic heterocycles. The van der Waals surface area contributed by atoms with Gasteiger partial charge in [0.1, 0.15) is 0 Å². The normalized spacial score (nSPS) is 30.7. The van der Waals surface area contributed by atoms with Gasteiger partial charge in [-0.1, -0.05) is 13.8 Å². The third-order valence-electron chi connectivity index (χ3n) is 3.16. The Labute approximate surface area is 89.5 Å². The van der Waals surface area contributed by atoms with Gasteiger partial charge in [-0.15, -0.1) is 0 Å². The lowest BCUT2D eigenvalue weighted by molar-refractivity contribution is 0.0329. The first-order valence-electron chi connectivity index (χ1n) is 5.55. The molecule has 0 spiro atoms. The molecule has 2 heterocycles. The molecule has 1 saturated heterocycles. The molecule has 3 atom stereocenters. The van der Waals surface area contributed by atoms with E-state index < -0.39 is 0 Å². The van der Waals surface area contributed by atoms with Crippen LogP contribution in [0.1, 0.15) is 38.4 Å². The monoisotopic (exact) mass is 207 g/mol. The van der Waals surface area contributed by atoms with Gasteiger partial charge in [0.05, 0.1) is 12.2 Å². The lowest BCUT2D eigenvalue weighted by Gasteiger charge is -2.12. The maximum atomic E-state index is 11.6. The Morgan fingerprint density at radius 1 is 1.60 bits per heavy atom. The highest BCUT2D eigenvalue weighted by molar-refractivity contribution is 5.14. The molecule has 1 aliphatic rings. The SMILES string of the molecule is CCC1OC(c2ccc[nH]c2=O)CC1C. The van der Waals surface area contributed by atoms with Gasteiger partial charge in [0, 0.05) is 11.8 Å². The smallest absolute Gasteiger partial charge is 0.253 e. The summed E-state index contributed by atoms with van der Waals surface area (Å²) in [5.41, 5.74) is 0.742. The van der Waals surface area contributed by atoms with E-state index in [2.05, 4.69) is 18.8 Å². The Morgan fingerprint density at radius 3 is 3.00 bits per heavy atom. The second-order valence-electron chi connectivity index (χ2n) is 4.24. The number of pyridine rings is 1. The van der Waals surface area contributed by atoms with E-state index in [0.29, 0.717) is 12.0 Å². The van der Waals surface area contributed by atoms with Crippen molar-refractivity contribution in [3.8, 4) is 0 Å². The molecular formula is C12H17NO2. The van der Waals surface area contributed by atoms with Crippen LogP contribution in [0.4, 0.5) is 0 Å².